The molecule has 0 unspecified atom stereocenters. The number of H-pyrrole nitrogens is 1. The van der Waals surface area contributed by atoms with Crippen molar-refractivity contribution in [2.45, 2.75) is 0 Å². The molecule has 0 aliphatic carbocycles. The van der Waals surface area contributed by atoms with Crippen LogP contribution < -0.4 is 4.90 Å². The van der Waals surface area contributed by atoms with E-state index in [4.69, 9.17) is 0 Å². The molecular weight excluding hydrogens is 372 g/mol. The lowest BCUT2D eigenvalue weighted by molar-refractivity contribution is 1.28. The summed E-state index contributed by atoms with van der Waals surface area (Å²) in [6.45, 7) is 0. The van der Waals surface area contributed by atoms with Gasteiger partial charge in [0.2, 0.25) is 0 Å². The van der Waals surface area contributed by atoms with Crippen molar-refractivity contribution in [3.63, 3.8) is 0 Å². The zero-order valence-electron chi connectivity index (χ0n) is 16.1. The Morgan fingerprint density at radius 1 is 0.448 bits per heavy atom. The molecule has 29 heavy (non-hydrogen) atoms. The highest BCUT2D eigenvalue weighted by Crippen LogP contribution is 2.33. The van der Waals surface area contributed by atoms with Crippen LogP contribution in [0.15, 0.2) is 138 Å². The average Bonchev–Trinajstić information content (AvgIpc) is 3.55. The van der Waals surface area contributed by atoms with E-state index in [1.54, 1.807) is 11.3 Å². The van der Waals surface area contributed by atoms with Crippen molar-refractivity contribution in [1.82, 2.24) is 4.98 Å². The Morgan fingerprint density at radius 2 is 0.828 bits per heavy atom. The van der Waals surface area contributed by atoms with Crippen LogP contribution in [0, 0.1) is 0 Å². The molecule has 0 atom stereocenters. The Balaban J connectivity index is 0.000000195. The van der Waals surface area contributed by atoms with Crippen molar-refractivity contribution >= 4 is 28.4 Å². The molecule has 2 nitrogen and oxygen atoms in total. The SMILES string of the molecule is c1cc[nH]c1.c1ccc(N(c2ccccc2)c2ccccc2)cc1.c1ccsc1. The number of aromatic nitrogens is 1. The Labute approximate surface area is 176 Å². The number of thiophene rings is 1. The van der Waals surface area contributed by atoms with Gasteiger partial charge >= 0.3 is 0 Å². The summed E-state index contributed by atoms with van der Waals surface area (Å²) < 4.78 is 0. The lowest BCUT2D eigenvalue weighted by Crippen LogP contribution is -2.09. The molecule has 0 bridgehead atoms. The molecule has 0 aliphatic heterocycles. The van der Waals surface area contributed by atoms with Gasteiger partial charge in [-0.25, -0.2) is 0 Å². The first-order valence-electron chi connectivity index (χ1n) is 9.45. The van der Waals surface area contributed by atoms with Gasteiger partial charge in [-0.1, -0.05) is 66.7 Å². The molecule has 0 aliphatic rings. The van der Waals surface area contributed by atoms with Gasteiger partial charge in [-0.15, -0.1) is 0 Å². The van der Waals surface area contributed by atoms with E-state index in [9.17, 15) is 0 Å². The second-order valence-electron chi connectivity index (χ2n) is 6.02. The molecule has 144 valence electrons. The molecule has 3 heteroatoms. The third-order valence-electron chi connectivity index (χ3n) is 3.96. The molecule has 0 saturated carbocycles. The Morgan fingerprint density at radius 3 is 1.07 bits per heavy atom. The fourth-order valence-electron chi connectivity index (χ4n) is 2.68. The van der Waals surface area contributed by atoms with E-state index in [1.165, 1.54) is 17.1 Å². The van der Waals surface area contributed by atoms with Crippen molar-refractivity contribution in [3.05, 3.63) is 138 Å². The molecule has 0 amide bonds. The molecule has 0 saturated heterocycles. The van der Waals surface area contributed by atoms with Crippen LogP contribution in [0.1, 0.15) is 0 Å². The maximum absolute atomic E-state index is 2.86. The molecule has 3 aromatic carbocycles. The first kappa shape index (κ1) is 20.2. The summed E-state index contributed by atoms with van der Waals surface area (Å²) in [5.41, 5.74) is 3.50. The molecule has 0 radical (unpaired) electrons. The van der Waals surface area contributed by atoms with E-state index < -0.39 is 0 Å². The van der Waals surface area contributed by atoms with E-state index in [2.05, 4.69) is 82.7 Å². The van der Waals surface area contributed by atoms with Gasteiger partial charge in [0.1, 0.15) is 0 Å². The summed E-state index contributed by atoms with van der Waals surface area (Å²) in [5.74, 6) is 0. The third kappa shape index (κ3) is 6.83. The summed E-state index contributed by atoms with van der Waals surface area (Å²) in [4.78, 5) is 5.11. The second-order valence-corrected chi connectivity index (χ2v) is 6.84. The van der Waals surface area contributed by atoms with Crippen LogP contribution >= 0.6 is 11.3 Å². The van der Waals surface area contributed by atoms with Crippen LogP contribution in [0.5, 0.6) is 0 Å². The Kier molecular flexibility index (Phi) is 8.36. The van der Waals surface area contributed by atoms with Crippen LogP contribution in [-0.2, 0) is 0 Å². The molecule has 2 heterocycles. The minimum Gasteiger partial charge on any atom is -0.368 e. The van der Waals surface area contributed by atoms with Gasteiger partial charge in [0.05, 0.1) is 0 Å². The first-order chi connectivity index (χ1) is 14.4. The number of hydrogen-bond donors (Lipinski definition) is 1. The number of nitrogens with one attached hydrogen (secondary N) is 1. The normalized spacial score (nSPS) is 9.38. The average molecular weight is 397 g/mol. The quantitative estimate of drug-likeness (QED) is 0.328. The lowest BCUT2D eigenvalue weighted by Gasteiger charge is -2.25. The predicted octanol–water partition coefficient (Wildman–Crippen LogP) is 7.92. The summed E-state index contributed by atoms with van der Waals surface area (Å²) in [6.07, 6.45) is 3.75. The van der Waals surface area contributed by atoms with Gasteiger partial charge in [0.15, 0.2) is 0 Å². The summed E-state index contributed by atoms with van der Waals surface area (Å²) in [7, 11) is 0. The number of anilines is 3. The topological polar surface area (TPSA) is 19.0 Å². The van der Waals surface area contributed by atoms with E-state index in [1.807, 2.05) is 65.6 Å². The van der Waals surface area contributed by atoms with E-state index in [-0.39, 0.29) is 0 Å². The number of benzene rings is 3. The van der Waals surface area contributed by atoms with Gasteiger partial charge in [0.25, 0.3) is 0 Å². The molecule has 0 fully saturated rings. The van der Waals surface area contributed by atoms with Crippen LogP contribution in [0.25, 0.3) is 0 Å². The van der Waals surface area contributed by atoms with E-state index in [0.29, 0.717) is 0 Å². The second kappa shape index (κ2) is 12.0. The van der Waals surface area contributed by atoms with Crippen molar-refractivity contribution < 1.29 is 0 Å². The minimum absolute atomic E-state index is 1.17. The predicted molar refractivity (Wildman–Crippen MR) is 126 cm³/mol. The molecule has 2 aromatic heterocycles. The summed E-state index contributed by atoms with van der Waals surface area (Å²) in [6, 6.07) is 39.2. The fourth-order valence-corrected chi connectivity index (χ4v) is 3.14. The van der Waals surface area contributed by atoms with Crippen molar-refractivity contribution in [2.24, 2.45) is 0 Å². The van der Waals surface area contributed by atoms with Crippen LogP contribution in [0.3, 0.4) is 0 Å². The monoisotopic (exact) mass is 396 g/mol. The number of para-hydroxylation sites is 3. The van der Waals surface area contributed by atoms with Crippen LogP contribution in [-0.4, -0.2) is 4.98 Å². The highest BCUT2D eigenvalue weighted by atomic mass is 32.1. The van der Waals surface area contributed by atoms with Gasteiger partial charge in [0, 0.05) is 29.5 Å². The largest absolute Gasteiger partial charge is 0.368 e. The van der Waals surface area contributed by atoms with Crippen molar-refractivity contribution in [2.75, 3.05) is 4.90 Å². The van der Waals surface area contributed by atoms with Crippen molar-refractivity contribution in [3.8, 4) is 0 Å². The molecule has 0 spiro atoms. The minimum atomic E-state index is 1.17. The summed E-state index contributed by atoms with van der Waals surface area (Å²) >= 11 is 1.71. The van der Waals surface area contributed by atoms with Gasteiger partial charge < -0.3 is 9.88 Å². The smallest absolute Gasteiger partial charge is 0.0461 e. The highest BCUT2D eigenvalue weighted by Gasteiger charge is 2.10. The first-order valence-corrected chi connectivity index (χ1v) is 10.4. The lowest BCUT2D eigenvalue weighted by atomic mass is 10.2. The third-order valence-corrected chi connectivity index (χ3v) is 4.59. The zero-order chi connectivity index (χ0) is 20.0. The fraction of sp³-hybridized carbons (Fsp3) is 0. The number of aromatic amines is 1. The number of hydrogen-bond acceptors (Lipinski definition) is 2. The van der Waals surface area contributed by atoms with Crippen LogP contribution in [0.4, 0.5) is 17.1 Å². The van der Waals surface area contributed by atoms with Gasteiger partial charge in [-0.2, -0.15) is 11.3 Å². The Hall–Kier alpha value is -3.56. The molecule has 5 aromatic rings. The molecule has 1 N–H and O–H groups in total. The zero-order valence-corrected chi connectivity index (χ0v) is 17.0. The molecular formula is C26H24N2S. The standard InChI is InChI=1S/C18H15N.C4H5N.C4H4S/c1-4-10-16(11-5-1)19(17-12-6-2-7-13-17)18-14-8-3-9-15-18;2*1-2-4-5-3-1/h1-15H;1-5H;1-4H. The van der Waals surface area contributed by atoms with Gasteiger partial charge in [-0.3, -0.25) is 0 Å². The summed E-state index contributed by atoms with van der Waals surface area (Å²) in [5, 5.41) is 4.08. The number of rotatable bonds is 3. The molecule has 5 rings (SSSR count). The van der Waals surface area contributed by atoms with Crippen molar-refractivity contribution in [1.29, 1.82) is 0 Å². The highest BCUT2D eigenvalue weighted by molar-refractivity contribution is 7.07. The maximum atomic E-state index is 2.86. The van der Waals surface area contributed by atoms with Crippen LogP contribution in [0.2, 0.25) is 0 Å². The Bertz CT molecular complexity index is 826. The van der Waals surface area contributed by atoms with E-state index >= 15 is 0 Å². The van der Waals surface area contributed by atoms with Gasteiger partial charge in [-0.05, 0) is 59.3 Å². The number of nitrogens with zero attached hydrogens (tertiary/aromatic N) is 1. The van der Waals surface area contributed by atoms with E-state index in [0.717, 1.165) is 0 Å². The maximum Gasteiger partial charge on any atom is 0.0461 e.